The predicted octanol–water partition coefficient (Wildman–Crippen LogP) is 2.23. The number of aromatic nitrogens is 1. The molecule has 1 rings (SSSR count). The Morgan fingerprint density at radius 3 is 2.83 bits per heavy atom. The van der Waals surface area contributed by atoms with Crippen LogP contribution in [0.15, 0.2) is 6.20 Å². The van der Waals surface area contributed by atoms with Gasteiger partial charge in [0, 0.05) is 12.6 Å². The Labute approximate surface area is 112 Å². The smallest absolute Gasteiger partial charge is 0.263 e. The van der Waals surface area contributed by atoms with Crippen LogP contribution in [-0.2, 0) is 6.42 Å². The first-order valence-electron chi connectivity index (χ1n) is 6.44. The van der Waals surface area contributed by atoms with E-state index in [1.165, 1.54) is 11.3 Å². The summed E-state index contributed by atoms with van der Waals surface area (Å²) in [5.41, 5.74) is 0. The third kappa shape index (κ3) is 4.38. The van der Waals surface area contributed by atoms with Crippen LogP contribution < -0.4 is 5.32 Å². The standard InChI is InChI=1S/C13H22N2O2S/c1-4-5-12-14-8-11(18-12)13(17)15-10(6-7-16)9(2)3/h8-10,16H,4-7H2,1-3H3,(H,15,17). The summed E-state index contributed by atoms with van der Waals surface area (Å²) in [6.45, 7) is 6.26. The zero-order chi connectivity index (χ0) is 13.5. The first-order chi connectivity index (χ1) is 8.58. The molecule has 0 fully saturated rings. The van der Waals surface area contributed by atoms with Crippen molar-refractivity contribution in [1.82, 2.24) is 10.3 Å². The molecule has 0 spiro atoms. The fourth-order valence-electron chi connectivity index (χ4n) is 1.70. The van der Waals surface area contributed by atoms with Gasteiger partial charge in [-0.3, -0.25) is 4.79 Å². The summed E-state index contributed by atoms with van der Waals surface area (Å²) in [4.78, 5) is 16.9. The first kappa shape index (κ1) is 15.1. The van der Waals surface area contributed by atoms with E-state index in [1.54, 1.807) is 6.20 Å². The minimum Gasteiger partial charge on any atom is -0.396 e. The summed E-state index contributed by atoms with van der Waals surface area (Å²) in [5, 5.41) is 12.9. The number of rotatable bonds is 7. The number of amides is 1. The summed E-state index contributed by atoms with van der Waals surface area (Å²) in [5.74, 6) is 0.228. The predicted molar refractivity (Wildman–Crippen MR) is 73.9 cm³/mol. The van der Waals surface area contributed by atoms with Crippen molar-refractivity contribution in [3.63, 3.8) is 0 Å². The second-order valence-electron chi connectivity index (χ2n) is 4.70. The minimum absolute atomic E-state index is 0.0132. The van der Waals surface area contributed by atoms with E-state index in [-0.39, 0.29) is 18.6 Å². The van der Waals surface area contributed by atoms with Gasteiger partial charge in [0.05, 0.1) is 11.2 Å². The number of hydrogen-bond donors (Lipinski definition) is 2. The Bertz CT molecular complexity index is 377. The fourth-order valence-corrected chi connectivity index (χ4v) is 2.62. The van der Waals surface area contributed by atoms with E-state index in [4.69, 9.17) is 5.11 Å². The molecule has 0 aliphatic heterocycles. The van der Waals surface area contributed by atoms with Crippen molar-refractivity contribution in [3.8, 4) is 0 Å². The highest BCUT2D eigenvalue weighted by molar-refractivity contribution is 7.13. The van der Waals surface area contributed by atoms with Crippen LogP contribution in [0, 0.1) is 5.92 Å². The molecule has 2 N–H and O–H groups in total. The number of carbonyl (C=O) groups excluding carboxylic acids is 1. The van der Waals surface area contributed by atoms with Crippen LogP contribution >= 0.6 is 11.3 Å². The monoisotopic (exact) mass is 270 g/mol. The summed E-state index contributed by atoms with van der Waals surface area (Å²) in [6.07, 6.45) is 4.18. The molecule has 1 unspecified atom stereocenters. The van der Waals surface area contributed by atoms with Gasteiger partial charge in [-0.1, -0.05) is 20.8 Å². The Morgan fingerprint density at radius 2 is 2.28 bits per heavy atom. The van der Waals surface area contributed by atoms with Gasteiger partial charge >= 0.3 is 0 Å². The van der Waals surface area contributed by atoms with Crippen LogP contribution in [0.4, 0.5) is 0 Å². The normalized spacial score (nSPS) is 12.7. The van der Waals surface area contributed by atoms with Gasteiger partial charge in [0.15, 0.2) is 0 Å². The highest BCUT2D eigenvalue weighted by Gasteiger charge is 2.18. The number of nitrogens with one attached hydrogen (secondary N) is 1. The number of aliphatic hydroxyl groups excluding tert-OH is 1. The van der Waals surface area contributed by atoms with E-state index >= 15 is 0 Å². The largest absolute Gasteiger partial charge is 0.396 e. The molecule has 0 aliphatic carbocycles. The van der Waals surface area contributed by atoms with Crippen LogP contribution in [0.5, 0.6) is 0 Å². The van der Waals surface area contributed by atoms with Gasteiger partial charge in [-0.15, -0.1) is 11.3 Å². The quantitative estimate of drug-likeness (QED) is 0.798. The van der Waals surface area contributed by atoms with E-state index < -0.39 is 0 Å². The maximum absolute atomic E-state index is 12.0. The van der Waals surface area contributed by atoms with E-state index in [9.17, 15) is 4.79 Å². The number of hydrogen-bond acceptors (Lipinski definition) is 4. The van der Waals surface area contributed by atoms with Gasteiger partial charge in [-0.2, -0.15) is 0 Å². The average molecular weight is 270 g/mol. The van der Waals surface area contributed by atoms with Crippen molar-refractivity contribution in [2.75, 3.05) is 6.61 Å². The van der Waals surface area contributed by atoms with Crippen LogP contribution in [0.1, 0.15) is 48.3 Å². The van der Waals surface area contributed by atoms with Crippen molar-refractivity contribution >= 4 is 17.2 Å². The molecule has 0 saturated heterocycles. The number of aryl methyl sites for hydroxylation is 1. The minimum atomic E-state index is -0.0815. The Kier molecular flexibility index (Phi) is 6.29. The first-order valence-corrected chi connectivity index (χ1v) is 7.26. The van der Waals surface area contributed by atoms with E-state index in [0.29, 0.717) is 17.2 Å². The average Bonchev–Trinajstić information content (AvgIpc) is 2.77. The lowest BCUT2D eigenvalue weighted by Crippen LogP contribution is -2.38. The molecule has 1 heterocycles. The summed E-state index contributed by atoms with van der Waals surface area (Å²) in [6, 6.07) is 0.0132. The molecule has 0 aromatic carbocycles. The topological polar surface area (TPSA) is 62.2 Å². The number of aliphatic hydroxyl groups is 1. The molecule has 102 valence electrons. The van der Waals surface area contributed by atoms with Crippen LogP contribution in [-0.4, -0.2) is 28.6 Å². The molecular formula is C13H22N2O2S. The number of carbonyl (C=O) groups is 1. The van der Waals surface area contributed by atoms with Crippen molar-refractivity contribution in [1.29, 1.82) is 0 Å². The van der Waals surface area contributed by atoms with Crippen molar-refractivity contribution < 1.29 is 9.90 Å². The maximum atomic E-state index is 12.0. The molecular weight excluding hydrogens is 248 g/mol. The molecule has 5 heteroatoms. The van der Waals surface area contributed by atoms with Gasteiger partial charge < -0.3 is 10.4 Å². The molecule has 0 saturated carbocycles. The van der Waals surface area contributed by atoms with E-state index in [0.717, 1.165) is 17.8 Å². The van der Waals surface area contributed by atoms with Gasteiger partial charge in [0.25, 0.3) is 5.91 Å². The molecule has 1 aromatic rings. The molecule has 0 aliphatic rings. The van der Waals surface area contributed by atoms with E-state index in [1.807, 2.05) is 13.8 Å². The Hall–Kier alpha value is -0.940. The molecule has 1 aromatic heterocycles. The summed E-state index contributed by atoms with van der Waals surface area (Å²) in [7, 11) is 0. The van der Waals surface area contributed by atoms with Crippen molar-refractivity contribution in [2.45, 2.75) is 46.1 Å². The molecule has 18 heavy (non-hydrogen) atoms. The second kappa shape index (κ2) is 7.48. The van der Waals surface area contributed by atoms with Gasteiger partial charge in [0.1, 0.15) is 4.88 Å². The van der Waals surface area contributed by atoms with Crippen LogP contribution in [0.3, 0.4) is 0 Å². The molecule has 1 amide bonds. The highest BCUT2D eigenvalue weighted by Crippen LogP contribution is 2.15. The Morgan fingerprint density at radius 1 is 1.56 bits per heavy atom. The lowest BCUT2D eigenvalue weighted by molar-refractivity contribution is 0.0920. The third-order valence-corrected chi connectivity index (χ3v) is 3.86. The molecule has 1 atom stereocenters. The summed E-state index contributed by atoms with van der Waals surface area (Å²) < 4.78 is 0. The van der Waals surface area contributed by atoms with Crippen LogP contribution in [0.2, 0.25) is 0 Å². The van der Waals surface area contributed by atoms with Crippen LogP contribution in [0.25, 0.3) is 0 Å². The molecule has 4 nitrogen and oxygen atoms in total. The fraction of sp³-hybridized carbons (Fsp3) is 0.692. The zero-order valence-corrected chi connectivity index (χ0v) is 12.1. The number of thiazole rings is 1. The summed E-state index contributed by atoms with van der Waals surface area (Å²) >= 11 is 1.45. The van der Waals surface area contributed by atoms with Gasteiger partial charge in [0.2, 0.25) is 0 Å². The van der Waals surface area contributed by atoms with Gasteiger partial charge in [-0.25, -0.2) is 4.98 Å². The third-order valence-electron chi connectivity index (χ3n) is 2.80. The Balaban J connectivity index is 2.62. The SMILES string of the molecule is CCCc1ncc(C(=O)NC(CCO)C(C)C)s1. The zero-order valence-electron chi connectivity index (χ0n) is 11.3. The molecule has 0 bridgehead atoms. The van der Waals surface area contributed by atoms with Crippen molar-refractivity contribution in [2.24, 2.45) is 5.92 Å². The number of nitrogens with zero attached hydrogens (tertiary/aromatic N) is 1. The van der Waals surface area contributed by atoms with Gasteiger partial charge in [-0.05, 0) is 25.2 Å². The lowest BCUT2D eigenvalue weighted by Gasteiger charge is -2.20. The maximum Gasteiger partial charge on any atom is 0.263 e. The molecule has 0 radical (unpaired) electrons. The lowest BCUT2D eigenvalue weighted by atomic mass is 10.0. The van der Waals surface area contributed by atoms with Crippen molar-refractivity contribution in [3.05, 3.63) is 16.1 Å². The second-order valence-corrected chi connectivity index (χ2v) is 5.82. The van der Waals surface area contributed by atoms with E-state index in [2.05, 4.69) is 17.2 Å². The highest BCUT2D eigenvalue weighted by atomic mass is 32.1.